The van der Waals surface area contributed by atoms with Gasteiger partial charge in [0.1, 0.15) is 5.69 Å². The maximum absolute atomic E-state index is 11.4. The molecular weight excluding hydrogens is 406 g/mol. The van der Waals surface area contributed by atoms with Crippen molar-refractivity contribution in [1.82, 2.24) is 9.88 Å². The molecule has 0 spiro atoms. The van der Waals surface area contributed by atoms with Gasteiger partial charge in [-0.2, -0.15) is 0 Å². The third-order valence-corrected chi connectivity index (χ3v) is 5.41. The van der Waals surface area contributed by atoms with Crippen LogP contribution in [0.2, 0.25) is 0 Å². The molecule has 2 N–H and O–H groups in total. The fourth-order valence-corrected chi connectivity index (χ4v) is 3.80. The van der Waals surface area contributed by atoms with Crippen LogP contribution in [0, 0.1) is 10.1 Å². The number of hydrogen-bond acceptors (Lipinski definition) is 7. The summed E-state index contributed by atoms with van der Waals surface area (Å²) in [7, 11) is 0. The monoisotopic (exact) mass is 425 g/mol. The Morgan fingerprint density at radius 3 is 2.80 bits per heavy atom. The van der Waals surface area contributed by atoms with Gasteiger partial charge in [-0.05, 0) is 27.8 Å². The van der Waals surface area contributed by atoms with Crippen molar-refractivity contribution in [3.05, 3.63) is 49.5 Å². The summed E-state index contributed by atoms with van der Waals surface area (Å²) in [4.78, 5) is 20.3. The predicted octanol–water partition coefficient (Wildman–Crippen LogP) is 3.39. The minimum atomic E-state index is -0.467. The highest BCUT2D eigenvalue weighted by Crippen LogP contribution is 2.39. The molecule has 0 bridgehead atoms. The van der Waals surface area contributed by atoms with E-state index in [-0.39, 0.29) is 11.5 Å². The lowest BCUT2D eigenvalue weighted by molar-refractivity contribution is -0.383. The Labute approximate surface area is 159 Å². The summed E-state index contributed by atoms with van der Waals surface area (Å²) in [6.45, 7) is 9.40. The molecular formula is C16H20BrN5O2S. The molecule has 0 aliphatic carbocycles. The summed E-state index contributed by atoms with van der Waals surface area (Å²) >= 11 is 4.98. The molecule has 1 aromatic rings. The minimum Gasteiger partial charge on any atom is -0.378 e. The summed E-state index contributed by atoms with van der Waals surface area (Å²) in [6.07, 6.45) is 3.59. The van der Waals surface area contributed by atoms with Gasteiger partial charge in [-0.3, -0.25) is 15.0 Å². The molecule has 0 unspecified atom stereocenters. The summed E-state index contributed by atoms with van der Waals surface area (Å²) in [6, 6.07) is 0. The number of anilines is 2. The highest BCUT2D eigenvalue weighted by Gasteiger charge is 2.29. The number of halogens is 1. The minimum absolute atomic E-state index is 0.0607. The Balaban J connectivity index is 2.09. The van der Waals surface area contributed by atoms with Crippen molar-refractivity contribution in [2.45, 2.75) is 6.92 Å². The first kappa shape index (κ1) is 19.5. The number of pyridine rings is 1. The van der Waals surface area contributed by atoms with Gasteiger partial charge in [0, 0.05) is 44.3 Å². The van der Waals surface area contributed by atoms with Crippen LogP contribution < -0.4 is 10.6 Å². The van der Waals surface area contributed by atoms with Crippen LogP contribution in [-0.4, -0.2) is 47.5 Å². The summed E-state index contributed by atoms with van der Waals surface area (Å²) in [5, 5.41) is 13.2. The molecule has 1 saturated heterocycles. The van der Waals surface area contributed by atoms with Gasteiger partial charge in [0.2, 0.25) is 5.82 Å². The first-order valence-electron chi connectivity index (χ1n) is 7.69. The van der Waals surface area contributed by atoms with Crippen LogP contribution in [0.4, 0.5) is 17.2 Å². The standard InChI is InChI=1S/C16H20BrN5O2S/c1-3-9-25-12(4-2)11-20-5-7-21(8-6-20)14-13(17)10-19-16(18)15(14)22(23)24/h4,9-10H,1,5-8,11H2,2H3,(H2,18,19)/b12-4-. The molecule has 1 fully saturated rings. The molecule has 2 heterocycles. The van der Waals surface area contributed by atoms with Crippen molar-refractivity contribution < 1.29 is 4.92 Å². The Morgan fingerprint density at radius 2 is 2.24 bits per heavy atom. The number of nitrogen functional groups attached to an aromatic ring is 1. The van der Waals surface area contributed by atoms with Crippen LogP contribution in [0.5, 0.6) is 0 Å². The molecule has 25 heavy (non-hydrogen) atoms. The van der Waals surface area contributed by atoms with Crippen molar-refractivity contribution in [2.75, 3.05) is 43.4 Å². The van der Waals surface area contributed by atoms with Crippen LogP contribution in [0.25, 0.3) is 0 Å². The zero-order valence-electron chi connectivity index (χ0n) is 13.9. The van der Waals surface area contributed by atoms with Crippen LogP contribution >= 0.6 is 27.7 Å². The Bertz CT molecular complexity index is 725. The Kier molecular flexibility index (Phi) is 7.07. The van der Waals surface area contributed by atoms with E-state index in [2.05, 4.69) is 44.2 Å². The van der Waals surface area contributed by atoms with E-state index >= 15 is 0 Å². The van der Waals surface area contributed by atoms with Crippen molar-refractivity contribution in [3.8, 4) is 0 Å². The van der Waals surface area contributed by atoms with E-state index < -0.39 is 4.92 Å². The van der Waals surface area contributed by atoms with Crippen molar-refractivity contribution in [3.63, 3.8) is 0 Å². The predicted molar refractivity (Wildman–Crippen MR) is 107 cm³/mol. The van der Waals surface area contributed by atoms with Crippen molar-refractivity contribution in [1.29, 1.82) is 0 Å². The molecule has 2 rings (SSSR count). The Hall–Kier alpha value is -1.80. The van der Waals surface area contributed by atoms with Crippen LogP contribution in [0.3, 0.4) is 0 Å². The number of thioether (sulfide) groups is 1. The number of allylic oxidation sites excluding steroid dienone is 1. The largest absolute Gasteiger partial charge is 0.378 e. The summed E-state index contributed by atoms with van der Waals surface area (Å²) in [5.74, 6) is -0.0607. The third-order valence-electron chi connectivity index (χ3n) is 3.88. The lowest BCUT2D eigenvalue weighted by Gasteiger charge is -2.36. The van der Waals surface area contributed by atoms with Crippen LogP contribution in [-0.2, 0) is 0 Å². The maximum atomic E-state index is 11.4. The fourth-order valence-electron chi connectivity index (χ4n) is 2.63. The second-order valence-corrected chi connectivity index (χ2v) is 7.25. The first-order valence-corrected chi connectivity index (χ1v) is 9.37. The van der Waals surface area contributed by atoms with E-state index in [1.807, 2.05) is 17.2 Å². The normalized spacial score (nSPS) is 15.8. The van der Waals surface area contributed by atoms with Gasteiger partial charge in [-0.15, -0.1) is 5.73 Å². The molecule has 0 saturated carbocycles. The van der Waals surface area contributed by atoms with E-state index in [1.165, 1.54) is 11.1 Å². The van der Waals surface area contributed by atoms with Crippen LogP contribution in [0.1, 0.15) is 6.92 Å². The van der Waals surface area contributed by atoms with E-state index in [0.29, 0.717) is 23.2 Å². The van der Waals surface area contributed by atoms with Gasteiger partial charge in [0.05, 0.1) is 9.40 Å². The average molecular weight is 426 g/mol. The molecule has 1 aromatic heterocycles. The number of hydrogen-bond donors (Lipinski definition) is 1. The smallest absolute Gasteiger partial charge is 0.335 e. The lowest BCUT2D eigenvalue weighted by atomic mass is 10.2. The zero-order valence-corrected chi connectivity index (χ0v) is 16.3. The molecule has 7 nitrogen and oxygen atoms in total. The molecule has 9 heteroatoms. The summed E-state index contributed by atoms with van der Waals surface area (Å²) < 4.78 is 0.586. The van der Waals surface area contributed by atoms with Crippen LogP contribution in [0.15, 0.2) is 39.4 Å². The number of nitrogens with two attached hydrogens (primary N) is 1. The topological polar surface area (TPSA) is 88.5 Å². The number of nitro groups is 1. The van der Waals surface area contributed by atoms with Gasteiger partial charge >= 0.3 is 5.69 Å². The van der Waals surface area contributed by atoms with Gasteiger partial charge in [0.25, 0.3) is 0 Å². The molecule has 1 aliphatic rings. The highest BCUT2D eigenvalue weighted by molar-refractivity contribution is 9.10. The van der Waals surface area contributed by atoms with Crippen molar-refractivity contribution >= 4 is 44.9 Å². The van der Waals surface area contributed by atoms with E-state index in [1.54, 1.807) is 11.8 Å². The number of nitrogens with zero attached hydrogens (tertiary/aromatic N) is 4. The lowest BCUT2D eigenvalue weighted by Crippen LogP contribution is -2.47. The molecule has 1 aliphatic heterocycles. The molecule has 0 radical (unpaired) electrons. The van der Waals surface area contributed by atoms with Crippen molar-refractivity contribution in [2.24, 2.45) is 0 Å². The van der Waals surface area contributed by atoms with Gasteiger partial charge in [-0.25, -0.2) is 4.98 Å². The van der Waals surface area contributed by atoms with Gasteiger partial charge in [0.15, 0.2) is 0 Å². The Morgan fingerprint density at radius 1 is 1.56 bits per heavy atom. The third kappa shape index (κ3) is 4.85. The fraction of sp³-hybridized carbons (Fsp3) is 0.375. The number of aromatic nitrogens is 1. The average Bonchev–Trinajstić information content (AvgIpc) is 2.60. The molecule has 0 aromatic carbocycles. The van der Waals surface area contributed by atoms with E-state index in [9.17, 15) is 10.1 Å². The second-order valence-electron chi connectivity index (χ2n) is 5.40. The van der Waals surface area contributed by atoms with E-state index in [0.717, 1.165) is 19.6 Å². The highest BCUT2D eigenvalue weighted by atomic mass is 79.9. The molecule has 134 valence electrons. The molecule has 0 atom stereocenters. The number of rotatable bonds is 6. The SMILES string of the molecule is C=C=CS/C(=C\C)CN1CCN(c2c(Br)cnc(N)c2[N+](=O)[O-])CC1. The molecule has 0 amide bonds. The first-order chi connectivity index (χ1) is 12.0. The quantitative estimate of drug-likeness (QED) is 0.424. The van der Waals surface area contributed by atoms with E-state index in [4.69, 9.17) is 5.73 Å². The zero-order chi connectivity index (χ0) is 18.4. The van der Waals surface area contributed by atoms with Gasteiger partial charge in [-0.1, -0.05) is 24.4 Å². The second kappa shape index (κ2) is 9.05. The maximum Gasteiger partial charge on any atom is 0.335 e. The van der Waals surface area contributed by atoms with Gasteiger partial charge < -0.3 is 10.6 Å². The number of piperazine rings is 1. The summed E-state index contributed by atoms with van der Waals surface area (Å²) in [5.41, 5.74) is 8.85.